The molecule has 1 heterocycles. The summed E-state index contributed by atoms with van der Waals surface area (Å²) in [6.45, 7) is 3.32. The van der Waals surface area contributed by atoms with Crippen LogP contribution in [0.15, 0.2) is 70.2 Å². The second-order valence-electron chi connectivity index (χ2n) is 6.54. The van der Waals surface area contributed by atoms with Gasteiger partial charge in [-0.15, -0.1) is 0 Å². The Kier molecular flexibility index (Phi) is 5.65. The number of sulfone groups is 1. The third-order valence-corrected chi connectivity index (χ3v) is 6.62. The van der Waals surface area contributed by atoms with Crippen molar-refractivity contribution in [3.05, 3.63) is 89.1 Å². The van der Waals surface area contributed by atoms with Crippen molar-refractivity contribution in [3.8, 4) is 0 Å². The van der Waals surface area contributed by atoms with Crippen molar-refractivity contribution in [1.82, 2.24) is 5.32 Å². The van der Waals surface area contributed by atoms with Crippen molar-refractivity contribution in [2.45, 2.75) is 24.0 Å². The third kappa shape index (κ3) is 4.14. The molecule has 0 fully saturated rings. The minimum absolute atomic E-state index is 0.113. The summed E-state index contributed by atoms with van der Waals surface area (Å²) in [7, 11) is -3.85. The molecule has 0 aliphatic carbocycles. The quantitative estimate of drug-likeness (QED) is 0.678. The maximum Gasteiger partial charge on any atom is 0.251 e. The summed E-state index contributed by atoms with van der Waals surface area (Å²) >= 11 is 0. The van der Waals surface area contributed by atoms with Crippen molar-refractivity contribution in [3.63, 3.8) is 0 Å². The molecule has 1 N–H and O–H groups in total. The number of carbonyl (C=O) groups excluding carboxylic acids is 1. The van der Waals surface area contributed by atoms with Crippen molar-refractivity contribution in [1.29, 1.82) is 0 Å². The van der Waals surface area contributed by atoms with Crippen LogP contribution in [0.25, 0.3) is 0 Å². The van der Waals surface area contributed by atoms with Gasteiger partial charge in [-0.25, -0.2) is 12.8 Å². The highest BCUT2D eigenvalue weighted by Crippen LogP contribution is 2.31. The van der Waals surface area contributed by atoms with Gasteiger partial charge in [0.2, 0.25) is 0 Å². The van der Waals surface area contributed by atoms with Gasteiger partial charge in [0.25, 0.3) is 5.91 Å². The van der Waals surface area contributed by atoms with Gasteiger partial charge in [-0.1, -0.05) is 18.2 Å². The van der Waals surface area contributed by atoms with E-state index in [0.29, 0.717) is 5.56 Å². The Hall–Kier alpha value is -2.93. The molecule has 3 aromatic rings. The first-order valence-corrected chi connectivity index (χ1v) is 10.2. The summed E-state index contributed by atoms with van der Waals surface area (Å²) < 4.78 is 45.4. The van der Waals surface area contributed by atoms with Crippen LogP contribution in [0.2, 0.25) is 0 Å². The van der Waals surface area contributed by atoms with Gasteiger partial charge in [0, 0.05) is 12.1 Å². The summed E-state index contributed by atoms with van der Waals surface area (Å²) in [6, 6.07) is 13.5. The topological polar surface area (TPSA) is 76.4 Å². The standard InChI is InChI=1S/C21H20FNO4S/c1-14-8-9-15(2)19(11-14)28(25,26)20(18-7-4-10-27-18)13-23-21(24)16-5-3-6-17(22)12-16/h3-12,20H,13H2,1-2H3,(H,23,24)/t20-/m0/s1. The number of halogens is 1. The first kappa shape index (κ1) is 19.8. The van der Waals surface area contributed by atoms with E-state index in [2.05, 4.69) is 5.32 Å². The average molecular weight is 401 g/mol. The van der Waals surface area contributed by atoms with Crippen molar-refractivity contribution < 1.29 is 22.0 Å². The molecule has 0 radical (unpaired) electrons. The number of amides is 1. The van der Waals surface area contributed by atoms with Crippen LogP contribution in [0, 0.1) is 19.7 Å². The van der Waals surface area contributed by atoms with Crippen LogP contribution in [0.5, 0.6) is 0 Å². The summed E-state index contributed by atoms with van der Waals surface area (Å²) in [5.41, 5.74) is 1.53. The molecular weight excluding hydrogens is 381 g/mol. The second kappa shape index (κ2) is 7.98. The Balaban J connectivity index is 1.92. The summed E-state index contributed by atoms with van der Waals surface area (Å²) in [6.07, 6.45) is 1.38. The molecule has 1 amide bonds. The van der Waals surface area contributed by atoms with Gasteiger partial charge in [0.05, 0.1) is 11.2 Å². The predicted octanol–water partition coefficient (Wildman–Crippen LogP) is 3.98. The van der Waals surface area contributed by atoms with E-state index in [1.807, 2.05) is 13.0 Å². The fourth-order valence-corrected chi connectivity index (χ4v) is 4.84. The molecule has 0 aliphatic heterocycles. The lowest BCUT2D eigenvalue weighted by Gasteiger charge is -2.18. The fourth-order valence-electron chi connectivity index (χ4n) is 2.92. The van der Waals surface area contributed by atoms with Crippen LogP contribution < -0.4 is 5.32 Å². The Labute approximate surface area is 163 Å². The molecule has 1 aromatic heterocycles. The molecule has 28 heavy (non-hydrogen) atoms. The van der Waals surface area contributed by atoms with Crippen molar-refractivity contribution in [2.24, 2.45) is 0 Å². The lowest BCUT2D eigenvalue weighted by Crippen LogP contribution is -2.32. The number of carbonyl (C=O) groups is 1. The molecule has 0 saturated carbocycles. The fraction of sp³-hybridized carbons (Fsp3) is 0.190. The molecule has 7 heteroatoms. The van der Waals surface area contributed by atoms with Crippen LogP contribution in [-0.4, -0.2) is 20.9 Å². The predicted molar refractivity (Wildman–Crippen MR) is 103 cm³/mol. The van der Waals surface area contributed by atoms with E-state index >= 15 is 0 Å². The average Bonchev–Trinajstić information content (AvgIpc) is 3.17. The van der Waals surface area contributed by atoms with Crippen molar-refractivity contribution >= 4 is 15.7 Å². The summed E-state index contributed by atoms with van der Waals surface area (Å²) in [5.74, 6) is -0.883. The van der Waals surface area contributed by atoms with E-state index in [1.165, 1.54) is 24.5 Å². The first-order chi connectivity index (χ1) is 13.3. The van der Waals surface area contributed by atoms with E-state index in [1.54, 1.807) is 31.2 Å². The first-order valence-electron chi connectivity index (χ1n) is 8.67. The highest BCUT2D eigenvalue weighted by atomic mass is 32.2. The number of rotatable bonds is 6. The van der Waals surface area contributed by atoms with E-state index in [9.17, 15) is 17.6 Å². The Morgan fingerprint density at radius 1 is 1.11 bits per heavy atom. The highest BCUT2D eigenvalue weighted by molar-refractivity contribution is 7.91. The number of hydrogen-bond acceptors (Lipinski definition) is 4. The van der Waals surface area contributed by atoms with Crippen molar-refractivity contribution in [2.75, 3.05) is 6.54 Å². The van der Waals surface area contributed by atoms with Crippen LogP contribution in [0.4, 0.5) is 4.39 Å². The number of hydrogen-bond donors (Lipinski definition) is 1. The van der Waals surface area contributed by atoms with Gasteiger partial charge >= 0.3 is 0 Å². The molecule has 0 saturated heterocycles. The maximum absolute atomic E-state index is 13.4. The zero-order valence-electron chi connectivity index (χ0n) is 15.5. The number of nitrogens with one attached hydrogen (secondary N) is 1. The van der Waals surface area contributed by atoms with Crippen LogP contribution in [-0.2, 0) is 9.84 Å². The SMILES string of the molecule is Cc1ccc(C)c(S(=O)(=O)[C@@H](CNC(=O)c2cccc(F)c2)c2ccco2)c1. The number of furan rings is 1. The highest BCUT2D eigenvalue weighted by Gasteiger charge is 2.33. The molecule has 0 aliphatic rings. The normalized spacial score (nSPS) is 12.5. The lowest BCUT2D eigenvalue weighted by atomic mass is 10.2. The zero-order valence-corrected chi connectivity index (χ0v) is 16.3. The smallest absolute Gasteiger partial charge is 0.251 e. The van der Waals surface area contributed by atoms with Crippen LogP contribution >= 0.6 is 0 Å². The van der Waals surface area contributed by atoms with E-state index < -0.39 is 26.8 Å². The van der Waals surface area contributed by atoms with E-state index in [0.717, 1.165) is 11.6 Å². The molecule has 0 bridgehead atoms. The Morgan fingerprint density at radius 2 is 1.89 bits per heavy atom. The third-order valence-electron chi connectivity index (χ3n) is 4.42. The molecular formula is C21H20FNO4S. The Bertz CT molecular complexity index is 1090. The Morgan fingerprint density at radius 3 is 2.57 bits per heavy atom. The molecule has 3 rings (SSSR count). The summed E-state index contributed by atoms with van der Waals surface area (Å²) in [4.78, 5) is 12.5. The van der Waals surface area contributed by atoms with Crippen LogP contribution in [0.3, 0.4) is 0 Å². The minimum atomic E-state index is -3.85. The zero-order chi connectivity index (χ0) is 20.3. The maximum atomic E-state index is 13.4. The van der Waals surface area contributed by atoms with E-state index in [4.69, 9.17) is 4.42 Å². The van der Waals surface area contributed by atoms with Gasteiger partial charge in [0.1, 0.15) is 16.8 Å². The number of benzene rings is 2. The molecule has 1 atom stereocenters. The number of aryl methyl sites for hydroxylation is 2. The van der Waals surface area contributed by atoms with E-state index in [-0.39, 0.29) is 22.8 Å². The molecule has 2 aromatic carbocycles. The minimum Gasteiger partial charge on any atom is -0.468 e. The second-order valence-corrected chi connectivity index (χ2v) is 8.64. The van der Waals surface area contributed by atoms with Gasteiger partial charge in [-0.05, 0) is 61.4 Å². The van der Waals surface area contributed by atoms with Gasteiger partial charge in [-0.3, -0.25) is 4.79 Å². The van der Waals surface area contributed by atoms with Gasteiger partial charge in [0.15, 0.2) is 9.84 Å². The summed E-state index contributed by atoms with van der Waals surface area (Å²) in [5, 5.41) is 1.47. The monoisotopic (exact) mass is 401 g/mol. The molecule has 0 unspecified atom stereocenters. The van der Waals surface area contributed by atoms with Crippen LogP contribution in [0.1, 0.15) is 32.5 Å². The molecule has 5 nitrogen and oxygen atoms in total. The van der Waals surface area contributed by atoms with Gasteiger partial charge < -0.3 is 9.73 Å². The molecule has 0 spiro atoms. The lowest BCUT2D eigenvalue weighted by molar-refractivity contribution is 0.0952. The molecule has 146 valence electrons. The van der Waals surface area contributed by atoms with Gasteiger partial charge in [-0.2, -0.15) is 0 Å². The largest absolute Gasteiger partial charge is 0.468 e.